The molecule has 1 aromatic rings. The first kappa shape index (κ1) is 12.5. The zero-order valence-electron chi connectivity index (χ0n) is 9.69. The minimum atomic E-state index is -0.900. The molecular weight excluding hydrogens is 208 g/mol. The molecule has 16 heavy (non-hydrogen) atoms. The van der Waals surface area contributed by atoms with Crippen LogP contribution in [0.3, 0.4) is 0 Å². The lowest BCUT2D eigenvalue weighted by Gasteiger charge is -2.14. The molecule has 0 saturated heterocycles. The number of aliphatic hydroxyl groups is 1. The molecule has 88 valence electrons. The fourth-order valence-corrected chi connectivity index (χ4v) is 1.44. The Balaban J connectivity index is 2.90. The van der Waals surface area contributed by atoms with E-state index in [0.717, 1.165) is 5.56 Å². The van der Waals surface area contributed by atoms with Gasteiger partial charge in [-0.05, 0) is 18.6 Å². The van der Waals surface area contributed by atoms with Crippen molar-refractivity contribution < 1.29 is 19.4 Å². The van der Waals surface area contributed by atoms with E-state index < -0.39 is 12.1 Å². The number of esters is 1. The summed E-state index contributed by atoms with van der Waals surface area (Å²) in [4.78, 5) is 11.0. The lowest BCUT2D eigenvalue weighted by molar-refractivity contribution is -0.142. The van der Waals surface area contributed by atoms with Gasteiger partial charge < -0.3 is 14.6 Å². The molecule has 1 N–H and O–H groups in total. The van der Waals surface area contributed by atoms with Crippen molar-refractivity contribution in [2.75, 3.05) is 14.2 Å². The average Bonchev–Trinajstić information content (AvgIpc) is 2.28. The van der Waals surface area contributed by atoms with Gasteiger partial charge in [0, 0.05) is 5.56 Å². The number of carbonyl (C=O) groups excluding carboxylic acids is 1. The van der Waals surface area contributed by atoms with Crippen LogP contribution < -0.4 is 4.74 Å². The molecule has 0 heterocycles. The highest BCUT2D eigenvalue weighted by Gasteiger charge is 2.17. The third-order valence-electron chi connectivity index (χ3n) is 2.34. The van der Waals surface area contributed by atoms with Gasteiger partial charge in [0.05, 0.1) is 26.7 Å². The van der Waals surface area contributed by atoms with Crippen LogP contribution in [0.25, 0.3) is 0 Å². The summed E-state index contributed by atoms with van der Waals surface area (Å²) in [5, 5.41) is 9.84. The number of hydrogen-bond donors (Lipinski definition) is 1. The normalized spacial score (nSPS) is 12.0. The van der Waals surface area contributed by atoms with Gasteiger partial charge in [0.15, 0.2) is 0 Å². The van der Waals surface area contributed by atoms with Crippen molar-refractivity contribution in [1.82, 2.24) is 0 Å². The van der Waals surface area contributed by atoms with E-state index in [9.17, 15) is 9.90 Å². The van der Waals surface area contributed by atoms with Crippen LogP contribution in [0.4, 0.5) is 0 Å². The van der Waals surface area contributed by atoms with Crippen molar-refractivity contribution in [1.29, 1.82) is 0 Å². The lowest BCUT2D eigenvalue weighted by Crippen LogP contribution is -2.09. The maximum absolute atomic E-state index is 11.0. The maximum Gasteiger partial charge on any atom is 0.308 e. The molecule has 0 fully saturated rings. The van der Waals surface area contributed by atoms with Crippen molar-refractivity contribution in [2.45, 2.75) is 19.4 Å². The largest absolute Gasteiger partial charge is 0.496 e. The number of ether oxygens (including phenoxy) is 2. The highest BCUT2D eigenvalue weighted by atomic mass is 16.5. The number of carbonyl (C=O) groups is 1. The number of benzene rings is 1. The van der Waals surface area contributed by atoms with E-state index in [1.807, 2.05) is 19.1 Å². The number of hydrogen-bond acceptors (Lipinski definition) is 4. The molecular formula is C12H16O4. The third-order valence-corrected chi connectivity index (χ3v) is 2.34. The molecule has 0 unspecified atom stereocenters. The van der Waals surface area contributed by atoms with E-state index in [0.29, 0.717) is 11.3 Å². The van der Waals surface area contributed by atoms with Crippen LogP contribution >= 0.6 is 0 Å². The zero-order chi connectivity index (χ0) is 12.1. The van der Waals surface area contributed by atoms with E-state index in [1.54, 1.807) is 6.07 Å². The van der Waals surface area contributed by atoms with Crippen LogP contribution in [0, 0.1) is 6.92 Å². The Labute approximate surface area is 94.8 Å². The fourth-order valence-electron chi connectivity index (χ4n) is 1.44. The zero-order valence-corrected chi connectivity index (χ0v) is 9.69. The molecule has 0 saturated carbocycles. The Hall–Kier alpha value is -1.55. The molecule has 1 rings (SSSR count). The predicted octanol–water partition coefficient (Wildman–Crippen LogP) is 1.60. The Morgan fingerprint density at radius 3 is 2.69 bits per heavy atom. The van der Waals surface area contributed by atoms with Gasteiger partial charge in [0.1, 0.15) is 5.75 Å². The first-order valence-electron chi connectivity index (χ1n) is 4.98. The molecule has 0 aliphatic rings. The summed E-state index contributed by atoms with van der Waals surface area (Å²) in [5.41, 5.74) is 1.63. The minimum Gasteiger partial charge on any atom is -0.496 e. The second-order valence-electron chi connectivity index (χ2n) is 3.54. The Kier molecular flexibility index (Phi) is 4.31. The Morgan fingerprint density at radius 2 is 2.12 bits per heavy atom. The predicted molar refractivity (Wildman–Crippen MR) is 59.3 cm³/mol. The summed E-state index contributed by atoms with van der Waals surface area (Å²) in [6, 6.07) is 5.43. The standard InChI is InChI=1S/C12H16O4/c1-8-4-5-9(11(6-8)15-2)10(13)7-12(14)16-3/h4-6,10,13H,7H2,1-3H3/t10-/m1/s1. The number of aliphatic hydroxyl groups excluding tert-OH is 1. The Bertz CT molecular complexity index is 373. The van der Waals surface area contributed by atoms with Gasteiger partial charge in [0.2, 0.25) is 0 Å². The van der Waals surface area contributed by atoms with Gasteiger partial charge in [0.25, 0.3) is 0 Å². The van der Waals surface area contributed by atoms with Gasteiger partial charge in [-0.2, -0.15) is 0 Å². The lowest BCUT2D eigenvalue weighted by atomic mass is 10.0. The van der Waals surface area contributed by atoms with Gasteiger partial charge in [-0.25, -0.2) is 0 Å². The summed E-state index contributed by atoms with van der Waals surface area (Å²) in [7, 11) is 2.82. The van der Waals surface area contributed by atoms with Gasteiger partial charge in [-0.3, -0.25) is 4.79 Å². The van der Waals surface area contributed by atoms with E-state index >= 15 is 0 Å². The number of methoxy groups -OCH3 is 2. The average molecular weight is 224 g/mol. The van der Waals surface area contributed by atoms with Crippen molar-refractivity contribution in [2.24, 2.45) is 0 Å². The molecule has 1 atom stereocenters. The summed E-state index contributed by atoms with van der Waals surface area (Å²) >= 11 is 0. The second kappa shape index (κ2) is 5.51. The molecule has 4 nitrogen and oxygen atoms in total. The van der Waals surface area contributed by atoms with E-state index in [4.69, 9.17) is 4.74 Å². The highest BCUT2D eigenvalue weighted by molar-refractivity contribution is 5.70. The molecule has 0 aliphatic heterocycles. The van der Waals surface area contributed by atoms with Crippen molar-refractivity contribution in [3.63, 3.8) is 0 Å². The molecule has 0 amide bonds. The highest BCUT2D eigenvalue weighted by Crippen LogP contribution is 2.28. The van der Waals surface area contributed by atoms with Crippen molar-refractivity contribution in [3.8, 4) is 5.75 Å². The topological polar surface area (TPSA) is 55.8 Å². The second-order valence-corrected chi connectivity index (χ2v) is 3.54. The third kappa shape index (κ3) is 2.97. The number of rotatable bonds is 4. The molecule has 0 aliphatic carbocycles. The molecule has 0 radical (unpaired) electrons. The van der Waals surface area contributed by atoms with Crippen molar-refractivity contribution >= 4 is 5.97 Å². The summed E-state index contributed by atoms with van der Waals surface area (Å²) < 4.78 is 9.65. The molecule has 0 aromatic heterocycles. The van der Waals surface area contributed by atoms with E-state index in [2.05, 4.69) is 4.74 Å². The van der Waals surface area contributed by atoms with Gasteiger partial charge >= 0.3 is 5.97 Å². The summed E-state index contributed by atoms with van der Waals surface area (Å²) in [5.74, 6) is 0.131. The minimum absolute atomic E-state index is 0.0735. The number of aryl methyl sites for hydroxylation is 1. The monoisotopic (exact) mass is 224 g/mol. The molecule has 0 spiro atoms. The van der Waals surface area contributed by atoms with Crippen LogP contribution in [0.1, 0.15) is 23.7 Å². The molecule has 0 bridgehead atoms. The fraction of sp³-hybridized carbons (Fsp3) is 0.417. The van der Waals surface area contributed by atoms with E-state index in [1.165, 1.54) is 14.2 Å². The van der Waals surface area contributed by atoms with Gasteiger partial charge in [-0.15, -0.1) is 0 Å². The maximum atomic E-state index is 11.0. The SMILES string of the molecule is COC(=O)C[C@@H](O)c1ccc(C)cc1OC. The smallest absolute Gasteiger partial charge is 0.308 e. The summed E-state index contributed by atoms with van der Waals surface area (Å²) in [6.07, 6.45) is -0.973. The van der Waals surface area contributed by atoms with Crippen molar-refractivity contribution in [3.05, 3.63) is 29.3 Å². The molecule has 4 heteroatoms. The summed E-state index contributed by atoms with van der Waals surface area (Å²) in [6.45, 7) is 1.93. The van der Waals surface area contributed by atoms with Crippen LogP contribution in [0.2, 0.25) is 0 Å². The first-order valence-corrected chi connectivity index (χ1v) is 4.98. The van der Waals surface area contributed by atoms with Crippen LogP contribution in [-0.2, 0) is 9.53 Å². The Morgan fingerprint density at radius 1 is 1.44 bits per heavy atom. The van der Waals surface area contributed by atoms with E-state index in [-0.39, 0.29) is 6.42 Å². The van der Waals surface area contributed by atoms with Crippen LogP contribution in [0.15, 0.2) is 18.2 Å². The quantitative estimate of drug-likeness (QED) is 0.789. The van der Waals surface area contributed by atoms with Crippen LogP contribution in [0.5, 0.6) is 5.75 Å². The van der Waals surface area contributed by atoms with Crippen LogP contribution in [-0.4, -0.2) is 25.3 Å². The first-order chi connectivity index (χ1) is 7.58. The molecule has 1 aromatic carbocycles. The van der Waals surface area contributed by atoms with Gasteiger partial charge in [-0.1, -0.05) is 12.1 Å².